The second-order valence-corrected chi connectivity index (χ2v) is 4.80. The molecule has 0 aromatic rings. The Balaban J connectivity index is 2.39. The van der Waals surface area contributed by atoms with Crippen LogP contribution in [-0.4, -0.2) is 62.1 Å². The summed E-state index contributed by atoms with van der Waals surface area (Å²) in [7, 11) is 4.19. The molecule has 1 saturated heterocycles. The largest absolute Gasteiger partial charge is 0.463 e. The number of ether oxygens (including phenoxy) is 1. The maximum Gasteiger partial charge on any atom is 0.334 e. The fourth-order valence-corrected chi connectivity index (χ4v) is 2.23. The smallest absolute Gasteiger partial charge is 0.334 e. The molecule has 1 unspecified atom stereocenters. The average Bonchev–Trinajstić information content (AvgIpc) is 2.29. The summed E-state index contributed by atoms with van der Waals surface area (Å²) in [5, 5.41) is 0. The molecule has 0 radical (unpaired) electrons. The van der Waals surface area contributed by atoms with Gasteiger partial charge in [-0.05, 0) is 40.4 Å². The van der Waals surface area contributed by atoms with Crippen LogP contribution in [0.1, 0.15) is 19.8 Å². The van der Waals surface area contributed by atoms with Crippen LogP contribution in [-0.2, 0) is 9.53 Å². The number of likely N-dealkylation sites (tertiary alicyclic amines) is 1. The first-order valence-electron chi connectivity index (χ1n) is 6.28. The lowest BCUT2D eigenvalue weighted by Gasteiger charge is -2.35. The highest BCUT2D eigenvalue weighted by Crippen LogP contribution is 2.14. The normalized spacial score (nSPS) is 21.5. The minimum absolute atomic E-state index is 0.275. The zero-order chi connectivity index (χ0) is 12.8. The second-order valence-electron chi connectivity index (χ2n) is 4.80. The first-order chi connectivity index (χ1) is 8.04. The van der Waals surface area contributed by atoms with E-state index < -0.39 is 0 Å². The minimum atomic E-state index is -0.275. The molecule has 1 aliphatic heterocycles. The molecule has 0 aliphatic carbocycles. The number of likely N-dealkylation sites (N-methyl/N-ethyl adjacent to an activating group) is 2. The van der Waals surface area contributed by atoms with E-state index in [1.165, 1.54) is 19.4 Å². The van der Waals surface area contributed by atoms with Gasteiger partial charge in [0.25, 0.3) is 0 Å². The van der Waals surface area contributed by atoms with Gasteiger partial charge in [-0.3, -0.25) is 4.90 Å². The van der Waals surface area contributed by atoms with Crippen molar-refractivity contribution in [3.05, 3.63) is 12.2 Å². The summed E-state index contributed by atoms with van der Waals surface area (Å²) >= 11 is 0. The number of hydrogen-bond donors (Lipinski definition) is 0. The maximum atomic E-state index is 11.5. The van der Waals surface area contributed by atoms with E-state index in [9.17, 15) is 4.79 Å². The molecular weight excluding hydrogens is 216 g/mol. The van der Waals surface area contributed by atoms with Crippen molar-refractivity contribution in [3.63, 3.8) is 0 Å². The van der Waals surface area contributed by atoms with Gasteiger partial charge in [0, 0.05) is 24.7 Å². The van der Waals surface area contributed by atoms with E-state index in [4.69, 9.17) is 4.74 Å². The molecule has 1 rings (SSSR count). The van der Waals surface area contributed by atoms with Crippen molar-refractivity contribution in [1.82, 2.24) is 9.80 Å². The Hall–Kier alpha value is -0.870. The number of hydrogen-bond acceptors (Lipinski definition) is 4. The average molecular weight is 240 g/mol. The zero-order valence-corrected chi connectivity index (χ0v) is 11.2. The summed E-state index contributed by atoms with van der Waals surface area (Å²) in [6.07, 6.45) is 2.41. The van der Waals surface area contributed by atoms with Crippen LogP contribution in [0.3, 0.4) is 0 Å². The van der Waals surface area contributed by atoms with Crippen molar-refractivity contribution in [2.24, 2.45) is 0 Å². The van der Waals surface area contributed by atoms with Gasteiger partial charge in [0.2, 0.25) is 0 Å². The standard InChI is InChI=1S/C13H24N2O2/c1-5-17-13(16)11(2)9-15(4)12-7-6-8-14(3)10-12/h12H,2,5-10H2,1,3-4H3. The van der Waals surface area contributed by atoms with Gasteiger partial charge in [0.15, 0.2) is 0 Å². The zero-order valence-electron chi connectivity index (χ0n) is 11.2. The number of esters is 1. The summed E-state index contributed by atoms with van der Waals surface area (Å²) < 4.78 is 4.94. The molecule has 0 amide bonds. The van der Waals surface area contributed by atoms with E-state index >= 15 is 0 Å². The molecular formula is C13H24N2O2. The van der Waals surface area contributed by atoms with E-state index in [1.807, 2.05) is 14.0 Å². The Bertz CT molecular complexity index is 279. The Kier molecular flexibility index (Phi) is 5.65. The highest BCUT2D eigenvalue weighted by Gasteiger charge is 2.22. The van der Waals surface area contributed by atoms with Crippen LogP contribution in [0.4, 0.5) is 0 Å². The summed E-state index contributed by atoms with van der Waals surface area (Å²) in [6, 6.07) is 0.514. The number of nitrogens with zero attached hydrogens (tertiary/aromatic N) is 2. The number of carbonyl (C=O) groups excluding carboxylic acids is 1. The highest BCUT2D eigenvalue weighted by atomic mass is 16.5. The van der Waals surface area contributed by atoms with Gasteiger partial charge in [-0.2, -0.15) is 0 Å². The lowest BCUT2D eigenvalue weighted by atomic mass is 10.0. The molecule has 0 N–H and O–H groups in total. The molecule has 1 fully saturated rings. The molecule has 4 nitrogen and oxygen atoms in total. The lowest BCUT2D eigenvalue weighted by molar-refractivity contribution is -0.138. The van der Waals surface area contributed by atoms with Crippen molar-refractivity contribution >= 4 is 5.97 Å². The molecule has 0 saturated carbocycles. The van der Waals surface area contributed by atoms with Crippen LogP contribution in [0, 0.1) is 0 Å². The van der Waals surface area contributed by atoms with Crippen molar-refractivity contribution in [2.75, 3.05) is 40.3 Å². The summed E-state index contributed by atoms with van der Waals surface area (Å²) in [6.45, 7) is 8.84. The predicted octanol–water partition coefficient (Wildman–Crippen LogP) is 1.13. The van der Waals surface area contributed by atoms with Crippen LogP contribution in [0.15, 0.2) is 12.2 Å². The van der Waals surface area contributed by atoms with Gasteiger partial charge in [0.1, 0.15) is 0 Å². The van der Waals surface area contributed by atoms with E-state index in [2.05, 4.69) is 23.4 Å². The predicted molar refractivity (Wildman–Crippen MR) is 68.9 cm³/mol. The highest BCUT2D eigenvalue weighted by molar-refractivity contribution is 5.88. The molecule has 0 spiro atoms. The van der Waals surface area contributed by atoms with Crippen molar-refractivity contribution < 1.29 is 9.53 Å². The minimum Gasteiger partial charge on any atom is -0.463 e. The third-order valence-corrected chi connectivity index (χ3v) is 3.23. The first kappa shape index (κ1) is 14.2. The van der Waals surface area contributed by atoms with Crippen LogP contribution in [0.5, 0.6) is 0 Å². The van der Waals surface area contributed by atoms with Crippen molar-refractivity contribution in [1.29, 1.82) is 0 Å². The summed E-state index contributed by atoms with van der Waals surface area (Å²) in [4.78, 5) is 16.0. The molecule has 1 aliphatic rings. The van der Waals surface area contributed by atoms with Crippen LogP contribution < -0.4 is 0 Å². The molecule has 1 heterocycles. The molecule has 98 valence electrons. The lowest BCUT2D eigenvalue weighted by Crippen LogP contribution is -2.45. The fraction of sp³-hybridized carbons (Fsp3) is 0.769. The Morgan fingerprint density at radius 1 is 1.59 bits per heavy atom. The topological polar surface area (TPSA) is 32.8 Å². The Morgan fingerprint density at radius 2 is 2.29 bits per heavy atom. The molecule has 17 heavy (non-hydrogen) atoms. The Morgan fingerprint density at radius 3 is 2.88 bits per heavy atom. The maximum absolute atomic E-state index is 11.5. The van der Waals surface area contributed by atoms with E-state index in [1.54, 1.807) is 0 Å². The third-order valence-electron chi connectivity index (χ3n) is 3.23. The molecule has 1 atom stereocenters. The van der Waals surface area contributed by atoms with Crippen LogP contribution in [0.2, 0.25) is 0 Å². The van der Waals surface area contributed by atoms with Gasteiger partial charge in [-0.15, -0.1) is 0 Å². The van der Waals surface area contributed by atoms with Crippen molar-refractivity contribution in [3.8, 4) is 0 Å². The summed E-state index contributed by atoms with van der Waals surface area (Å²) in [5.74, 6) is -0.275. The monoisotopic (exact) mass is 240 g/mol. The number of carbonyl (C=O) groups is 1. The van der Waals surface area contributed by atoms with Crippen molar-refractivity contribution in [2.45, 2.75) is 25.8 Å². The summed E-state index contributed by atoms with van der Waals surface area (Å²) in [5.41, 5.74) is 0.544. The first-order valence-corrected chi connectivity index (χ1v) is 6.28. The van der Waals surface area contributed by atoms with Crippen LogP contribution >= 0.6 is 0 Å². The van der Waals surface area contributed by atoms with Gasteiger partial charge < -0.3 is 9.64 Å². The second kappa shape index (κ2) is 6.77. The third kappa shape index (κ3) is 4.48. The number of rotatable bonds is 5. The quantitative estimate of drug-likeness (QED) is 0.533. The molecule has 0 aromatic carbocycles. The van der Waals surface area contributed by atoms with Crippen LogP contribution in [0.25, 0.3) is 0 Å². The van der Waals surface area contributed by atoms with Gasteiger partial charge in [0.05, 0.1) is 6.61 Å². The Labute approximate surface area is 104 Å². The van der Waals surface area contributed by atoms with E-state index in [-0.39, 0.29) is 5.97 Å². The van der Waals surface area contributed by atoms with Gasteiger partial charge in [-0.25, -0.2) is 4.79 Å². The fourth-order valence-electron chi connectivity index (χ4n) is 2.23. The molecule has 0 aromatic heterocycles. The van der Waals surface area contributed by atoms with Gasteiger partial charge in [-0.1, -0.05) is 6.58 Å². The van der Waals surface area contributed by atoms with E-state index in [0.29, 0.717) is 24.8 Å². The molecule has 4 heteroatoms. The molecule has 0 bridgehead atoms. The SMILES string of the molecule is C=C(CN(C)C1CCCN(C)C1)C(=O)OCC. The van der Waals surface area contributed by atoms with Gasteiger partial charge >= 0.3 is 5.97 Å². The van der Waals surface area contributed by atoms with E-state index in [0.717, 1.165) is 6.54 Å². The number of piperidine rings is 1.